The number of benzene rings is 1. The van der Waals surface area contributed by atoms with Crippen LogP contribution in [0.4, 0.5) is 31.1 Å². The molecular weight excluding hydrogens is 508 g/mol. The number of nitrogens with zero attached hydrogens (tertiary/aromatic N) is 3. The van der Waals surface area contributed by atoms with Crippen molar-refractivity contribution >= 4 is 11.9 Å². The van der Waals surface area contributed by atoms with E-state index in [1.807, 2.05) is 0 Å². The number of amides is 3. The Hall–Kier alpha value is -3.35. The first-order valence-electron chi connectivity index (χ1n) is 11.2. The van der Waals surface area contributed by atoms with Crippen molar-refractivity contribution in [3.05, 3.63) is 53.2 Å². The smallest absolute Gasteiger partial charge is 0.430 e. The quantitative estimate of drug-likeness (QED) is 0.385. The summed E-state index contributed by atoms with van der Waals surface area (Å²) >= 11 is 0. The van der Waals surface area contributed by atoms with Gasteiger partial charge in [-0.05, 0) is 44.0 Å². The van der Waals surface area contributed by atoms with Crippen LogP contribution in [0.2, 0.25) is 0 Å². The number of alkyl halides is 6. The number of ether oxygens (including phenoxy) is 1. The molecule has 1 fully saturated rings. The SMILES string of the molecule is CCCc1cc(C(O)(C(F)(F)F)C(F)(F)F)ccc1Oc1cccc(CN2C(=O)N(C)C(C)(C)C2=O)n1. The summed E-state index contributed by atoms with van der Waals surface area (Å²) in [5, 5.41) is 9.73. The fraction of sp³-hybridized carbons (Fsp3) is 0.458. The number of imide groups is 1. The highest BCUT2D eigenvalue weighted by Crippen LogP contribution is 2.50. The molecule has 1 aromatic heterocycles. The van der Waals surface area contributed by atoms with Crippen LogP contribution in [0.3, 0.4) is 0 Å². The predicted molar refractivity (Wildman–Crippen MR) is 119 cm³/mol. The Morgan fingerprint density at radius 3 is 2.16 bits per heavy atom. The van der Waals surface area contributed by atoms with Crippen molar-refractivity contribution in [3.8, 4) is 11.6 Å². The van der Waals surface area contributed by atoms with Gasteiger partial charge in [-0.2, -0.15) is 26.3 Å². The highest BCUT2D eigenvalue weighted by Gasteiger charge is 2.71. The normalized spacial score (nSPS) is 16.5. The molecule has 3 rings (SSSR count). The van der Waals surface area contributed by atoms with Crippen LogP contribution < -0.4 is 4.74 Å². The monoisotopic (exact) mass is 533 g/mol. The molecule has 202 valence electrons. The van der Waals surface area contributed by atoms with E-state index >= 15 is 0 Å². The van der Waals surface area contributed by atoms with Crippen LogP contribution in [0.15, 0.2) is 36.4 Å². The van der Waals surface area contributed by atoms with Gasteiger partial charge in [-0.15, -0.1) is 0 Å². The third kappa shape index (κ3) is 4.96. The van der Waals surface area contributed by atoms with Crippen molar-refractivity contribution in [3.63, 3.8) is 0 Å². The summed E-state index contributed by atoms with van der Waals surface area (Å²) in [4.78, 5) is 31.6. The van der Waals surface area contributed by atoms with Gasteiger partial charge in [0.25, 0.3) is 11.5 Å². The molecule has 37 heavy (non-hydrogen) atoms. The zero-order valence-electron chi connectivity index (χ0n) is 20.4. The van der Waals surface area contributed by atoms with E-state index in [0.29, 0.717) is 18.6 Å². The lowest BCUT2D eigenvalue weighted by Gasteiger charge is -2.33. The summed E-state index contributed by atoms with van der Waals surface area (Å²) in [5.74, 6) is -0.553. The summed E-state index contributed by atoms with van der Waals surface area (Å²) in [6.07, 6.45) is -11.6. The van der Waals surface area contributed by atoms with Crippen LogP contribution in [0.25, 0.3) is 0 Å². The molecule has 1 aliphatic heterocycles. The lowest BCUT2D eigenvalue weighted by Crippen LogP contribution is -2.53. The molecule has 3 amide bonds. The molecule has 7 nitrogen and oxygen atoms in total. The molecule has 0 aliphatic carbocycles. The summed E-state index contributed by atoms with van der Waals surface area (Å²) in [6, 6.07) is 5.94. The third-order valence-corrected chi connectivity index (χ3v) is 6.26. The predicted octanol–water partition coefficient (Wildman–Crippen LogP) is 5.31. The van der Waals surface area contributed by atoms with Crippen molar-refractivity contribution in [1.82, 2.24) is 14.8 Å². The third-order valence-electron chi connectivity index (χ3n) is 6.26. The van der Waals surface area contributed by atoms with E-state index in [-0.39, 0.29) is 35.9 Å². The largest absolute Gasteiger partial charge is 0.439 e. The topological polar surface area (TPSA) is 83.0 Å². The van der Waals surface area contributed by atoms with Gasteiger partial charge in [-0.25, -0.2) is 9.78 Å². The van der Waals surface area contributed by atoms with Crippen LogP contribution in [-0.2, 0) is 23.4 Å². The van der Waals surface area contributed by atoms with Crippen LogP contribution in [-0.4, -0.2) is 56.8 Å². The second kappa shape index (κ2) is 9.51. The number of pyridine rings is 1. The molecule has 2 heterocycles. The maximum atomic E-state index is 13.3. The van der Waals surface area contributed by atoms with Gasteiger partial charge >= 0.3 is 18.4 Å². The van der Waals surface area contributed by atoms with Gasteiger partial charge in [-0.3, -0.25) is 9.69 Å². The molecule has 0 unspecified atom stereocenters. The van der Waals surface area contributed by atoms with Crippen molar-refractivity contribution in [2.45, 2.75) is 63.7 Å². The zero-order valence-corrected chi connectivity index (χ0v) is 20.4. The maximum absolute atomic E-state index is 13.3. The van der Waals surface area contributed by atoms with Crippen LogP contribution >= 0.6 is 0 Å². The molecule has 1 N–H and O–H groups in total. The molecule has 13 heteroatoms. The highest BCUT2D eigenvalue weighted by molar-refractivity contribution is 6.06. The van der Waals surface area contributed by atoms with E-state index in [2.05, 4.69) is 4.98 Å². The number of carbonyl (C=O) groups is 2. The minimum atomic E-state index is -6.01. The lowest BCUT2D eigenvalue weighted by atomic mass is 9.90. The fourth-order valence-corrected chi connectivity index (χ4v) is 3.85. The molecule has 0 bridgehead atoms. The number of halogens is 6. The first-order valence-corrected chi connectivity index (χ1v) is 11.2. The number of hydrogen-bond donors (Lipinski definition) is 1. The molecule has 2 aromatic rings. The standard InChI is InChI=1S/C24H25F6N3O4/c1-5-7-14-12-15(22(36,23(25,26)27)24(28,29)30)10-11-17(14)37-18-9-6-8-16(31-18)13-33-19(34)21(2,3)32(4)20(33)35/h6,8-12,36H,5,7,13H2,1-4H3. The summed E-state index contributed by atoms with van der Waals surface area (Å²) in [5.41, 5.74) is -7.23. The Morgan fingerprint density at radius 2 is 1.65 bits per heavy atom. The van der Waals surface area contributed by atoms with Crippen molar-refractivity contribution in [1.29, 1.82) is 0 Å². The van der Waals surface area contributed by atoms with Crippen LogP contribution in [0.1, 0.15) is 44.0 Å². The highest BCUT2D eigenvalue weighted by atomic mass is 19.4. The summed E-state index contributed by atoms with van der Waals surface area (Å²) < 4.78 is 85.6. The van der Waals surface area contributed by atoms with Gasteiger partial charge in [-0.1, -0.05) is 25.5 Å². The Kier molecular flexibility index (Phi) is 7.25. The minimum Gasteiger partial charge on any atom is -0.439 e. The van der Waals surface area contributed by atoms with Crippen molar-refractivity contribution < 1.29 is 45.8 Å². The van der Waals surface area contributed by atoms with Gasteiger partial charge < -0.3 is 14.7 Å². The molecule has 0 radical (unpaired) electrons. The summed E-state index contributed by atoms with van der Waals surface area (Å²) in [7, 11) is 1.49. The number of carbonyl (C=O) groups excluding carboxylic acids is 2. The number of aromatic nitrogens is 1. The molecule has 1 aromatic carbocycles. The Bertz CT molecular complexity index is 1180. The first-order chi connectivity index (χ1) is 16.9. The van der Waals surface area contributed by atoms with E-state index in [1.54, 1.807) is 20.8 Å². The first kappa shape index (κ1) is 28.2. The number of aliphatic hydroxyl groups is 1. The number of aryl methyl sites for hydroxylation is 1. The Balaban J connectivity index is 1.92. The van der Waals surface area contributed by atoms with Gasteiger partial charge in [0.2, 0.25) is 5.88 Å². The molecule has 0 saturated carbocycles. The second-order valence-corrected chi connectivity index (χ2v) is 9.14. The van der Waals surface area contributed by atoms with Crippen molar-refractivity contribution in [2.75, 3.05) is 7.05 Å². The lowest BCUT2D eigenvalue weighted by molar-refractivity contribution is -0.376. The Labute approximate surface area is 208 Å². The van der Waals surface area contributed by atoms with E-state index in [4.69, 9.17) is 4.74 Å². The average molecular weight is 533 g/mol. The average Bonchev–Trinajstić information content (AvgIpc) is 2.93. The fourth-order valence-electron chi connectivity index (χ4n) is 3.85. The molecular formula is C24H25F6N3O4. The van der Waals surface area contributed by atoms with E-state index in [1.165, 1.54) is 30.1 Å². The number of hydrogen-bond acceptors (Lipinski definition) is 5. The summed E-state index contributed by atoms with van der Waals surface area (Å²) in [6.45, 7) is 4.68. The zero-order chi connectivity index (χ0) is 28.0. The van der Waals surface area contributed by atoms with Gasteiger partial charge in [0.15, 0.2) is 0 Å². The minimum absolute atomic E-state index is 0.00704. The number of rotatable bonds is 7. The molecule has 0 spiro atoms. The maximum Gasteiger partial charge on any atom is 0.430 e. The molecule has 1 aliphatic rings. The Morgan fingerprint density at radius 1 is 1.03 bits per heavy atom. The van der Waals surface area contributed by atoms with Crippen LogP contribution in [0, 0.1) is 0 Å². The van der Waals surface area contributed by atoms with Gasteiger partial charge in [0.05, 0.1) is 12.2 Å². The number of urea groups is 1. The molecule has 0 atom stereocenters. The van der Waals surface area contributed by atoms with E-state index in [0.717, 1.165) is 11.0 Å². The van der Waals surface area contributed by atoms with Crippen molar-refractivity contribution in [2.24, 2.45) is 0 Å². The van der Waals surface area contributed by atoms with Crippen LogP contribution in [0.5, 0.6) is 11.6 Å². The van der Waals surface area contributed by atoms with E-state index in [9.17, 15) is 41.0 Å². The molecule has 1 saturated heterocycles. The number of likely N-dealkylation sites (N-methyl/N-ethyl adjacent to an activating group) is 1. The second-order valence-electron chi connectivity index (χ2n) is 9.14. The van der Waals surface area contributed by atoms with Gasteiger partial charge in [0, 0.05) is 18.7 Å². The van der Waals surface area contributed by atoms with E-state index < -0.39 is 41.0 Å². The van der Waals surface area contributed by atoms with Gasteiger partial charge in [0.1, 0.15) is 11.3 Å².